The molecule has 2 aromatic rings. The number of carbonyl (C=O) groups is 2. The molecular formula is C21H13NO6. The summed E-state index contributed by atoms with van der Waals surface area (Å²) >= 11 is 0. The van der Waals surface area contributed by atoms with Gasteiger partial charge in [-0.1, -0.05) is 0 Å². The molecule has 2 aliphatic rings. The van der Waals surface area contributed by atoms with E-state index in [2.05, 4.69) is 0 Å². The van der Waals surface area contributed by atoms with Gasteiger partial charge in [0, 0.05) is 34.2 Å². The number of benzene rings is 3. The molecule has 0 bridgehead atoms. The van der Waals surface area contributed by atoms with Crippen molar-refractivity contribution >= 4 is 22.8 Å². The number of aromatic carboxylic acids is 1. The Morgan fingerprint density at radius 1 is 0.929 bits per heavy atom. The highest BCUT2D eigenvalue weighted by atomic mass is 16.4. The molecule has 0 atom stereocenters. The molecule has 1 amide bonds. The normalized spacial score (nSPS) is 11.0. The van der Waals surface area contributed by atoms with Crippen LogP contribution in [0.3, 0.4) is 0 Å². The van der Waals surface area contributed by atoms with Gasteiger partial charge in [-0.25, -0.2) is 4.79 Å². The number of phenolic OH excluding ortho intramolecular Hbond substituents is 1. The summed E-state index contributed by atoms with van der Waals surface area (Å²) in [6.07, 6.45) is 0. The fourth-order valence-electron chi connectivity index (χ4n) is 3.24. The number of phenols is 1. The lowest BCUT2D eigenvalue weighted by Gasteiger charge is -2.17. The summed E-state index contributed by atoms with van der Waals surface area (Å²) in [6.45, 7) is 0. The molecule has 7 heteroatoms. The molecule has 0 fully saturated rings. The number of nitrogens with two attached hydrogens (primary N) is 1. The van der Waals surface area contributed by atoms with Crippen LogP contribution in [0.1, 0.15) is 20.7 Å². The summed E-state index contributed by atoms with van der Waals surface area (Å²) in [4.78, 5) is 35.3. The highest BCUT2D eigenvalue weighted by Gasteiger charge is 2.22. The molecule has 1 aliphatic carbocycles. The van der Waals surface area contributed by atoms with Gasteiger partial charge in [0.1, 0.15) is 17.1 Å². The second-order valence-electron chi connectivity index (χ2n) is 6.25. The Labute approximate surface area is 157 Å². The fourth-order valence-corrected chi connectivity index (χ4v) is 3.24. The van der Waals surface area contributed by atoms with Gasteiger partial charge < -0.3 is 20.4 Å². The number of amides is 1. The second-order valence-corrected chi connectivity index (χ2v) is 6.25. The summed E-state index contributed by atoms with van der Waals surface area (Å²) < 4.78 is 5.75. The van der Waals surface area contributed by atoms with Crippen LogP contribution in [0.25, 0.3) is 33.4 Å². The van der Waals surface area contributed by atoms with Crippen LogP contribution >= 0.6 is 0 Å². The Morgan fingerprint density at radius 3 is 2.43 bits per heavy atom. The molecule has 0 spiro atoms. The number of hydrogen-bond acceptors (Lipinski definition) is 5. The first-order chi connectivity index (χ1) is 13.3. The van der Waals surface area contributed by atoms with Crippen LogP contribution in [-0.2, 0) is 0 Å². The van der Waals surface area contributed by atoms with Crippen molar-refractivity contribution in [2.45, 2.75) is 0 Å². The molecule has 138 valence electrons. The van der Waals surface area contributed by atoms with E-state index >= 15 is 0 Å². The second kappa shape index (κ2) is 6.24. The summed E-state index contributed by atoms with van der Waals surface area (Å²) in [6, 6.07) is 12.6. The number of rotatable bonds is 3. The van der Waals surface area contributed by atoms with Gasteiger partial charge in [0.15, 0.2) is 5.43 Å². The Balaban J connectivity index is 2.22. The summed E-state index contributed by atoms with van der Waals surface area (Å²) in [5.41, 5.74) is 6.63. The first-order valence-corrected chi connectivity index (χ1v) is 8.22. The highest BCUT2D eigenvalue weighted by Crippen LogP contribution is 2.42. The molecule has 0 radical (unpaired) electrons. The van der Waals surface area contributed by atoms with Crippen molar-refractivity contribution in [1.82, 2.24) is 0 Å². The number of aromatic hydroxyl groups is 1. The van der Waals surface area contributed by atoms with Crippen LogP contribution in [-0.4, -0.2) is 22.1 Å². The van der Waals surface area contributed by atoms with Crippen molar-refractivity contribution < 1.29 is 24.2 Å². The molecule has 0 unspecified atom stereocenters. The van der Waals surface area contributed by atoms with E-state index in [0.29, 0.717) is 16.5 Å². The van der Waals surface area contributed by atoms with Gasteiger partial charge in [0.05, 0.1) is 5.56 Å². The van der Waals surface area contributed by atoms with Crippen molar-refractivity contribution in [1.29, 1.82) is 0 Å². The van der Waals surface area contributed by atoms with Crippen LogP contribution in [0, 0.1) is 0 Å². The molecule has 0 saturated heterocycles. The molecule has 0 aromatic heterocycles. The minimum Gasteiger partial charge on any atom is -0.508 e. The number of hydrogen-bond donors (Lipinski definition) is 3. The van der Waals surface area contributed by atoms with Crippen molar-refractivity contribution in [2.75, 3.05) is 0 Å². The zero-order valence-corrected chi connectivity index (χ0v) is 14.3. The standard InChI is InChI=1S/C21H13NO6/c22-20(25)10-1-4-13(21(26)27)16(7-10)19-14-5-2-11(23)8-17(14)28-18-9-12(24)3-6-15(18)19/h1-9,23H,(H2,22,25)(H,26,27). The largest absolute Gasteiger partial charge is 0.508 e. The molecule has 28 heavy (non-hydrogen) atoms. The van der Waals surface area contributed by atoms with Gasteiger partial charge in [-0.2, -0.15) is 0 Å². The Bertz CT molecular complexity index is 1300. The first kappa shape index (κ1) is 17.3. The molecule has 1 aliphatic heterocycles. The molecular weight excluding hydrogens is 362 g/mol. The first-order valence-electron chi connectivity index (χ1n) is 8.22. The predicted molar refractivity (Wildman–Crippen MR) is 102 cm³/mol. The van der Waals surface area contributed by atoms with Crippen LogP contribution in [0.5, 0.6) is 5.75 Å². The Hall–Kier alpha value is -4.13. The number of carboxylic acids is 1. The summed E-state index contributed by atoms with van der Waals surface area (Å²) in [7, 11) is 0. The third kappa shape index (κ3) is 2.75. The van der Waals surface area contributed by atoms with Gasteiger partial charge >= 0.3 is 5.97 Å². The molecule has 1 heterocycles. The quantitative estimate of drug-likeness (QED) is 0.472. The van der Waals surface area contributed by atoms with E-state index in [1.807, 2.05) is 0 Å². The van der Waals surface area contributed by atoms with E-state index in [4.69, 9.17) is 10.2 Å². The third-order valence-electron chi connectivity index (χ3n) is 4.48. The van der Waals surface area contributed by atoms with E-state index < -0.39 is 11.9 Å². The van der Waals surface area contributed by atoms with Crippen molar-refractivity contribution in [3.8, 4) is 28.2 Å². The maximum Gasteiger partial charge on any atom is 0.336 e. The zero-order chi connectivity index (χ0) is 20.0. The zero-order valence-electron chi connectivity index (χ0n) is 14.3. The van der Waals surface area contributed by atoms with Crippen LogP contribution < -0.4 is 11.2 Å². The number of carboxylic acid groups (broad SMARTS) is 1. The molecule has 4 rings (SSSR count). The summed E-state index contributed by atoms with van der Waals surface area (Å²) in [5.74, 6) is -1.72. The van der Waals surface area contributed by atoms with Crippen molar-refractivity contribution in [3.05, 3.63) is 75.9 Å². The highest BCUT2D eigenvalue weighted by molar-refractivity contribution is 6.09. The SMILES string of the molecule is NC(=O)c1ccc(C(=O)O)c(-c2c3ccc(=O)cc-3oc3cc(O)ccc23)c1. The monoisotopic (exact) mass is 375 g/mol. The number of fused-ring (bicyclic) bond motifs is 2. The lowest BCUT2D eigenvalue weighted by molar-refractivity contribution is 0.0697. The lowest BCUT2D eigenvalue weighted by Crippen LogP contribution is -2.12. The van der Waals surface area contributed by atoms with Crippen molar-refractivity contribution in [3.63, 3.8) is 0 Å². The molecule has 0 saturated carbocycles. The van der Waals surface area contributed by atoms with Crippen molar-refractivity contribution in [2.24, 2.45) is 5.73 Å². The van der Waals surface area contributed by atoms with E-state index in [0.717, 1.165) is 0 Å². The minimum atomic E-state index is -1.19. The minimum absolute atomic E-state index is 0.0434. The van der Waals surface area contributed by atoms with E-state index in [1.54, 1.807) is 6.07 Å². The van der Waals surface area contributed by atoms with Gasteiger partial charge in [-0.05, 0) is 48.0 Å². The smallest absolute Gasteiger partial charge is 0.336 e. The van der Waals surface area contributed by atoms with E-state index in [9.17, 15) is 24.6 Å². The molecule has 4 N–H and O–H groups in total. The van der Waals surface area contributed by atoms with E-state index in [1.165, 1.54) is 48.5 Å². The third-order valence-corrected chi connectivity index (χ3v) is 4.48. The predicted octanol–water partition coefficient (Wildman–Crippen LogP) is 3.07. The topological polar surface area (TPSA) is 131 Å². The van der Waals surface area contributed by atoms with Gasteiger partial charge in [-0.3, -0.25) is 9.59 Å². The number of primary amides is 1. The van der Waals surface area contributed by atoms with Gasteiger partial charge in [-0.15, -0.1) is 0 Å². The fraction of sp³-hybridized carbons (Fsp3) is 0. The Morgan fingerprint density at radius 2 is 1.71 bits per heavy atom. The van der Waals surface area contributed by atoms with Crippen LogP contribution in [0.4, 0.5) is 0 Å². The lowest BCUT2D eigenvalue weighted by atomic mass is 9.89. The molecule has 2 aromatic carbocycles. The molecule has 7 nitrogen and oxygen atoms in total. The number of carbonyl (C=O) groups excluding carboxylic acids is 1. The van der Waals surface area contributed by atoms with Crippen LogP contribution in [0.2, 0.25) is 0 Å². The summed E-state index contributed by atoms with van der Waals surface area (Å²) in [5, 5.41) is 20.0. The maximum absolute atomic E-state index is 11.8. The Kier molecular flexibility index (Phi) is 3.85. The van der Waals surface area contributed by atoms with E-state index in [-0.39, 0.29) is 39.2 Å². The van der Waals surface area contributed by atoms with Gasteiger partial charge in [0.25, 0.3) is 0 Å². The van der Waals surface area contributed by atoms with Crippen LogP contribution in [0.15, 0.2) is 63.8 Å². The van der Waals surface area contributed by atoms with Gasteiger partial charge in [0.2, 0.25) is 5.91 Å². The average molecular weight is 375 g/mol. The average Bonchev–Trinajstić information content (AvgIpc) is 2.65. The maximum atomic E-state index is 11.8.